The van der Waals surface area contributed by atoms with Gasteiger partial charge in [-0.3, -0.25) is 9.56 Å². The first-order valence-corrected chi connectivity index (χ1v) is 6.24. The van der Waals surface area contributed by atoms with Crippen LogP contribution < -0.4 is 0 Å². The normalized spacial score (nSPS) is 13.2. The summed E-state index contributed by atoms with van der Waals surface area (Å²) in [6, 6.07) is 6.44. The fraction of sp³-hybridized carbons (Fsp3) is 0.300. The predicted octanol–water partition coefficient (Wildman–Crippen LogP) is 1.72. The number of hydrogen-bond donors (Lipinski definition) is 3. The molecule has 88 valence electrons. The Balaban J connectivity index is 2.99. The maximum Gasteiger partial charge on any atom is 0.352 e. The molecule has 0 aromatic heterocycles. The van der Waals surface area contributed by atoms with E-state index in [9.17, 15) is 9.67 Å². The Morgan fingerprint density at radius 2 is 1.88 bits per heavy atom. The zero-order valence-electron chi connectivity index (χ0n) is 9.03. The van der Waals surface area contributed by atoms with E-state index >= 15 is 0 Å². The van der Waals surface area contributed by atoms with Crippen molar-refractivity contribution in [1.82, 2.24) is 0 Å². The van der Waals surface area contributed by atoms with Crippen LogP contribution in [0.1, 0.15) is 19.4 Å². The lowest BCUT2D eigenvalue weighted by Crippen LogP contribution is -2.16. The van der Waals surface area contributed by atoms with E-state index in [1.807, 2.05) is 0 Å². The second-order valence-corrected chi connectivity index (χ2v) is 6.04. The van der Waals surface area contributed by atoms with Gasteiger partial charge in [-0.15, -0.1) is 0 Å². The molecular formula is C10H14NO4P. The van der Waals surface area contributed by atoms with Crippen molar-refractivity contribution in [3.05, 3.63) is 29.8 Å². The Morgan fingerprint density at radius 1 is 1.31 bits per heavy atom. The highest BCUT2D eigenvalue weighted by molar-refractivity contribution is 7.53. The average Bonchev–Trinajstić information content (AvgIpc) is 2.15. The first-order valence-electron chi connectivity index (χ1n) is 4.63. The number of aromatic hydroxyl groups is 1. The van der Waals surface area contributed by atoms with Gasteiger partial charge in [0.25, 0.3) is 0 Å². The van der Waals surface area contributed by atoms with Crippen molar-refractivity contribution < 1.29 is 19.5 Å². The van der Waals surface area contributed by atoms with Gasteiger partial charge in [0.05, 0.1) is 0 Å². The van der Waals surface area contributed by atoms with Crippen LogP contribution in [0.5, 0.6) is 5.75 Å². The summed E-state index contributed by atoms with van der Waals surface area (Å²) in [5.74, 6) is 0.0211. The highest BCUT2D eigenvalue weighted by Crippen LogP contribution is 2.50. The van der Waals surface area contributed by atoms with Crippen LogP contribution in [0.3, 0.4) is 0 Å². The van der Waals surface area contributed by atoms with Gasteiger partial charge in [0.2, 0.25) is 0 Å². The van der Waals surface area contributed by atoms with E-state index < -0.39 is 12.9 Å². The zero-order chi connectivity index (χ0) is 12.4. The van der Waals surface area contributed by atoms with Crippen LogP contribution in [0.2, 0.25) is 0 Å². The molecule has 1 rings (SSSR count). The molecule has 6 heteroatoms. The number of rotatable bonds is 3. The fourth-order valence-corrected chi connectivity index (χ4v) is 1.11. The van der Waals surface area contributed by atoms with Gasteiger partial charge in [-0.25, -0.2) is 0 Å². The first-order chi connectivity index (χ1) is 7.24. The summed E-state index contributed by atoms with van der Waals surface area (Å²) in [6.45, 7) is 2.68. The van der Waals surface area contributed by atoms with E-state index in [1.54, 1.807) is 18.2 Å². The Hall–Kier alpha value is -1.16. The molecule has 1 aromatic rings. The molecule has 0 fully saturated rings. The molecule has 5 nitrogen and oxygen atoms in total. The summed E-state index contributed by atoms with van der Waals surface area (Å²) in [7, 11) is -4.30. The lowest BCUT2D eigenvalue weighted by molar-refractivity contribution is 0.339. The molecular weight excluding hydrogens is 229 g/mol. The van der Waals surface area contributed by atoms with Crippen molar-refractivity contribution in [2.24, 2.45) is 4.99 Å². The minimum atomic E-state index is -4.30. The first kappa shape index (κ1) is 12.9. The van der Waals surface area contributed by atoms with Crippen molar-refractivity contribution in [3.63, 3.8) is 0 Å². The third-order valence-corrected chi connectivity index (χ3v) is 3.71. The number of phenolic OH excluding ortho intramolecular Hbond substituents is 1. The summed E-state index contributed by atoms with van der Waals surface area (Å²) in [5, 5.41) is 7.93. The monoisotopic (exact) mass is 243 g/mol. The maximum atomic E-state index is 11.1. The van der Waals surface area contributed by atoms with Gasteiger partial charge in [0.1, 0.15) is 5.75 Å². The molecule has 16 heavy (non-hydrogen) atoms. The number of nitrogens with zero attached hydrogens (tertiary/aromatic N) is 1. The number of para-hydroxylation sites is 1. The molecule has 3 N–H and O–H groups in total. The third kappa shape index (κ3) is 2.92. The Morgan fingerprint density at radius 3 is 2.38 bits per heavy atom. The number of aliphatic imine (C=N–C) groups is 1. The fourth-order valence-electron chi connectivity index (χ4n) is 0.899. The van der Waals surface area contributed by atoms with Crippen LogP contribution in [0.25, 0.3) is 0 Å². The minimum Gasteiger partial charge on any atom is -0.507 e. The van der Waals surface area contributed by atoms with Crippen LogP contribution in [0.15, 0.2) is 29.3 Å². The SMILES string of the molecule is CC(C)(N=Cc1ccccc1O)P(=O)(O)O. The number of hydrogen-bond acceptors (Lipinski definition) is 3. The number of benzene rings is 1. The largest absolute Gasteiger partial charge is 0.507 e. The molecule has 0 spiro atoms. The summed E-state index contributed by atoms with van der Waals surface area (Å²) < 4.78 is 11.1. The molecule has 0 saturated carbocycles. The Kier molecular flexibility index (Phi) is 3.53. The van der Waals surface area contributed by atoms with Crippen molar-refractivity contribution in [1.29, 1.82) is 0 Å². The topological polar surface area (TPSA) is 90.1 Å². The highest BCUT2D eigenvalue weighted by atomic mass is 31.2. The summed E-state index contributed by atoms with van der Waals surface area (Å²) in [4.78, 5) is 21.9. The van der Waals surface area contributed by atoms with Gasteiger partial charge in [0, 0.05) is 11.8 Å². The standard InChI is InChI=1S/C10H14NO4P/c1-10(2,16(13,14)15)11-7-8-5-3-4-6-9(8)12/h3-7,12H,1-2H3,(H2,13,14,15). The van der Waals surface area contributed by atoms with Gasteiger partial charge >= 0.3 is 7.60 Å². The second kappa shape index (κ2) is 4.37. The molecule has 0 aliphatic heterocycles. The lowest BCUT2D eigenvalue weighted by Gasteiger charge is -2.20. The van der Waals surface area contributed by atoms with Crippen molar-refractivity contribution in [2.75, 3.05) is 0 Å². The average molecular weight is 243 g/mol. The molecule has 0 saturated heterocycles. The van der Waals surface area contributed by atoms with Crippen LogP contribution in [0.4, 0.5) is 0 Å². The van der Waals surface area contributed by atoms with E-state index in [4.69, 9.17) is 9.79 Å². The van der Waals surface area contributed by atoms with E-state index in [-0.39, 0.29) is 5.75 Å². The molecule has 1 aromatic carbocycles. The summed E-state index contributed by atoms with van der Waals surface area (Å²) >= 11 is 0. The zero-order valence-corrected chi connectivity index (χ0v) is 9.93. The molecule has 0 aliphatic carbocycles. The molecule has 0 unspecified atom stereocenters. The van der Waals surface area contributed by atoms with Crippen LogP contribution in [-0.2, 0) is 4.57 Å². The van der Waals surface area contributed by atoms with E-state index in [0.29, 0.717) is 5.56 Å². The molecule has 0 heterocycles. The molecule has 0 radical (unpaired) electrons. The van der Waals surface area contributed by atoms with Gasteiger partial charge in [-0.1, -0.05) is 12.1 Å². The predicted molar refractivity (Wildman–Crippen MR) is 61.8 cm³/mol. The van der Waals surface area contributed by atoms with Gasteiger partial charge in [0.15, 0.2) is 5.28 Å². The smallest absolute Gasteiger partial charge is 0.352 e. The Bertz CT molecular complexity index is 450. The molecule has 0 bridgehead atoms. The van der Waals surface area contributed by atoms with Crippen LogP contribution in [0, 0.1) is 0 Å². The molecule has 0 atom stereocenters. The van der Waals surface area contributed by atoms with Gasteiger partial charge in [-0.2, -0.15) is 0 Å². The number of phenols is 1. The summed E-state index contributed by atoms with van der Waals surface area (Å²) in [5.41, 5.74) is 0.420. The molecule has 0 aliphatic rings. The quantitative estimate of drug-likeness (QED) is 0.557. The van der Waals surface area contributed by atoms with Crippen molar-refractivity contribution in [3.8, 4) is 5.75 Å². The van der Waals surface area contributed by atoms with Crippen molar-refractivity contribution >= 4 is 13.8 Å². The van der Waals surface area contributed by atoms with E-state index in [1.165, 1.54) is 26.1 Å². The summed E-state index contributed by atoms with van der Waals surface area (Å²) in [6.07, 6.45) is 1.26. The molecule has 0 amide bonds. The lowest BCUT2D eigenvalue weighted by atomic mass is 10.2. The third-order valence-electron chi connectivity index (χ3n) is 2.17. The maximum absolute atomic E-state index is 11.1. The van der Waals surface area contributed by atoms with Crippen LogP contribution >= 0.6 is 7.60 Å². The van der Waals surface area contributed by atoms with Crippen LogP contribution in [-0.4, -0.2) is 26.4 Å². The van der Waals surface area contributed by atoms with Gasteiger partial charge in [-0.05, 0) is 26.0 Å². The highest BCUT2D eigenvalue weighted by Gasteiger charge is 2.36. The van der Waals surface area contributed by atoms with E-state index in [2.05, 4.69) is 4.99 Å². The van der Waals surface area contributed by atoms with Gasteiger partial charge < -0.3 is 14.9 Å². The van der Waals surface area contributed by atoms with E-state index in [0.717, 1.165) is 0 Å². The Labute approximate surface area is 93.6 Å². The minimum absolute atomic E-state index is 0.0211. The van der Waals surface area contributed by atoms with Crippen molar-refractivity contribution in [2.45, 2.75) is 19.1 Å². The second-order valence-electron chi connectivity index (χ2n) is 3.86.